The fourth-order valence-corrected chi connectivity index (χ4v) is 2.09. The third-order valence-electron chi connectivity index (χ3n) is 3.28. The lowest BCUT2D eigenvalue weighted by Gasteiger charge is -2.18. The molecule has 21 heavy (non-hydrogen) atoms. The zero-order valence-electron chi connectivity index (χ0n) is 12.2. The fraction of sp³-hybridized carbons (Fsp3) is 0.333. The van der Waals surface area contributed by atoms with E-state index in [1.54, 1.807) is 6.20 Å². The molecule has 1 heterocycles. The van der Waals surface area contributed by atoms with E-state index in [9.17, 15) is 9.18 Å². The molecule has 0 saturated heterocycles. The highest BCUT2D eigenvalue weighted by molar-refractivity contribution is 5.47. The van der Waals surface area contributed by atoms with Gasteiger partial charge in [-0.15, -0.1) is 0 Å². The highest BCUT2D eigenvalue weighted by Crippen LogP contribution is 2.14. The molecule has 0 fully saturated rings. The highest BCUT2D eigenvalue weighted by Gasteiger charge is 2.07. The number of hydrogen-bond donors (Lipinski definition) is 1. The lowest BCUT2D eigenvalue weighted by molar-refractivity contribution is 0.611. The highest BCUT2D eigenvalue weighted by atomic mass is 19.1. The Kier molecular flexibility index (Phi) is 4.57. The van der Waals surface area contributed by atoms with E-state index in [-0.39, 0.29) is 17.9 Å². The molecule has 0 spiro atoms. The molecule has 0 radical (unpaired) electrons. The minimum absolute atomic E-state index is 0.153. The number of rotatable bonds is 5. The van der Waals surface area contributed by atoms with Crippen LogP contribution in [0.3, 0.4) is 0 Å². The van der Waals surface area contributed by atoms with E-state index < -0.39 is 0 Å². The largest absolute Gasteiger partial charge is 0.398 e. The van der Waals surface area contributed by atoms with Crippen LogP contribution in [0.4, 0.5) is 15.8 Å². The summed E-state index contributed by atoms with van der Waals surface area (Å²) in [5, 5.41) is 4.13. The molecule has 1 aromatic heterocycles. The van der Waals surface area contributed by atoms with Crippen molar-refractivity contribution >= 4 is 11.4 Å². The topological polar surface area (TPSA) is 64.2 Å². The molecule has 0 bridgehead atoms. The summed E-state index contributed by atoms with van der Waals surface area (Å²) in [6.07, 6.45) is 2.62. The predicted molar refractivity (Wildman–Crippen MR) is 82.0 cm³/mol. The van der Waals surface area contributed by atoms with Crippen molar-refractivity contribution in [2.45, 2.75) is 19.9 Å². The normalized spacial score (nSPS) is 10.6. The Morgan fingerprint density at radius 2 is 2.14 bits per heavy atom. The first kappa shape index (κ1) is 15.0. The average molecular weight is 290 g/mol. The Balaban J connectivity index is 2.25. The predicted octanol–water partition coefficient (Wildman–Crippen LogP) is 1.86. The maximum absolute atomic E-state index is 13.2. The van der Waals surface area contributed by atoms with E-state index in [4.69, 9.17) is 5.73 Å². The SMILES string of the molecule is CCCN(C)c1cnn(Cc2cc(F)ccc2N)c(=O)c1. The lowest BCUT2D eigenvalue weighted by Crippen LogP contribution is -2.26. The quantitative estimate of drug-likeness (QED) is 0.854. The van der Waals surface area contributed by atoms with Crippen LogP contribution in [-0.4, -0.2) is 23.4 Å². The van der Waals surface area contributed by atoms with Gasteiger partial charge in [0.2, 0.25) is 0 Å². The number of anilines is 2. The summed E-state index contributed by atoms with van der Waals surface area (Å²) in [4.78, 5) is 14.1. The van der Waals surface area contributed by atoms with Crippen molar-refractivity contribution in [2.75, 3.05) is 24.2 Å². The minimum atomic E-state index is -0.383. The molecule has 0 atom stereocenters. The molecule has 5 nitrogen and oxygen atoms in total. The maximum atomic E-state index is 13.2. The molecule has 0 saturated carbocycles. The summed E-state index contributed by atoms with van der Waals surface area (Å²) in [7, 11) is 1.91. The monoisotopic (exact) mass is 290 g/mol. The van der Waals surface area contributed by atoms with Gasteiger partial charge < -0.3 is 10.6 Å². The van der Waals surface area contributed by atoms with Crippen LogP contribution in [0.2, 0.25) is 0 Å². The molecule has 0 amide bonds. The van der Waals surface area contributed by atoms with Crippen LogP contribution in [-0.2, 0) is 6.54 Å². The molecule has 0 aliphatic carbocycles. The van der Waals surface area contributed by atoms with Crippen molar-refractivity contribution in [1.29, 1.82) is 0 Å². The van der Waals surface area contributed by atoms with Gasteiger partial charge in [0.05, 0.1) is 18.4 Å². The molecule has 2 N–H and O–H groups in total. The Morgan fingerprint density at radius 3 is 2.81 bits per heavy atom. The zero-order valence-corrected chi connectivity index (χ0v) is 12.2. The van der Waals surface area contributed by atoms with E-state index in [1.165, 1.54) is 28.9 Å². The van der Waals surface area contributed by atoms with E-state index in [2.05, 4.69) is 12.0 Å². The van der Waals surface area contributed by atoms with Gasteiger partial charge >= 0.3 is 0 Å². The number of benzene rings is 1. The Hall–Kier alpha value is -2.37. The van der Waals surface area contributed by atoms with Gasteiger partial charge in [0.25, 0.3) is 5.56 Å². The van der Waals surface area contributed by atoms with E-state index in [0.717, 1.165) is 18.7 Å². The van der Waals surface area contributed by atoms with Crippen LogP contribution in [0.15, 0.2) is 35.3 Å². The van der Waals surface area contributed by atoms with E-state index in [0.29, 0.717) is 11.3 Å². The van der Waals surface area contributed by atoms with Gasteiger partial charge in [0.15, 0.2) is 0 Å². The van der Waals surface area contributed by atoms with E-state index >= 15 is 0 Å². The Bertz CT molecular complexity index is 684. The second-order valence-corrected chi connectivity index (χ2v) is 4.97. The lowest BCUT2D eigenvalue weighted by atomic mass is 10.2. The number of nitrogens with zero attached hydrogens (tertiary/aromatic N) is 3. The molecule has 0 aliphatic rings. The molecular weight excluding hydrogens is 271 g/mol. The average Bonchev–Trinajstić information content (AvgIpc) is 2.45. The summed E-state index contributed by atoms with van der Waals surface area (Å²) in [6, 6.07) is 5.62. The van der Waals surface area contributed by atoms with Gasteiger partial charge in [-0.1, -0.05) is 6.92 Å². The van der Waals surface area contributed by atoms with Crippen LogP contribution in [0.1, 0.15) is 18.9 Å². The van der Waals surface area contributed by atoms with Gasteiger partial charge in [0, 0.05) is 25.3 Å². The third kappa shape index (κ3) is 3.59. The van der Waals surface area contributed by atoms with Crippen molar-refractivity contribution in [2.24, 2.45) is 0 Å². The van der Waals surface area contributed by atoms with Crippen LogP contribution < -0.4 is 16.2 Å². The first-order valence-electron chi connectivity index (χ1n) is 6.83. The standard InChI is InChI=1S/C15H19FN4O/c1-3-6-19(2)13-8-15(21)20(18-9-13)10-11-7-12(16)4-5-14(11)17/h4-5,7-9H,3,6,10,17H2,1-2H3. The summed E-state index contributed by atoms with van der Waals surface area (Å²) >= 11 is 0. The fourth-order valence-electron chi connectivity index (χ4n) is 2.09. The number of aromatic nitrogens is 2. The van der Waals surface area contributed by atoms with Crippen molar-refractivity contribution < 1.29 is 4.39 Å². The first-order valence-corrected chi connectivity index (χ1v) is 6.83. The van der Waals surface area contributed by atoms with Crippen LogP contribution in [0.25, 0.3) is 0 Å². The van der Waals surface area contributed by atoms with Crippen molar-refractivity contribution in [3.05, 3.63) is 52.2 Å². The number of nitrogen functional groups attached to an aromatic ring is 1. The Labute approximate surface area is 122 Å². The zero-order chi connectivity index (χ0) is 15.4. The first-order chi connectivity index (χ1) is 10.0. The summed E-state index contributed by atoms with van der Waals surface area (Å²) in [6.45, 7) is 3.07. The number of nitrogens with two attached hydrogens (primary N) is 1. The number of halogens is 1. The molecule has 1 aromatic carbocycles. The molecule has 2 rings (SSSR count). The summed E-state index contributed by atoms with van der Waals surface area (Å²) in [5.41, 5.74) is 7.30. The van der Waals surface area contributed by atoms with Gasteiger partial charge in [-0.2, -0.15) is 5.10 Å². The molecule has 6 heteroatoms. The molecule has 0 aliphatic heterocycles. The minimum Gasteiger partial charge on any atom is -0.398 e. The second-order valence-electron chi connectivity index (χ2n) is 4.97. The van der Waals surface area contributed by atoms with Gasteiger partial charge in [0.1, 0.15) is 5.82 Å². The van der Waals surface area contributed by atoms with Crippen LogP contribution in [0, 0.1) is 5.82 Å². The smallest absolute Gasteiger partial charge is 0.269 e. The Morgan fingerprint density at radius 1 is 1.38 bits per heavy atom. The van der Waals surface area contributed by atoms with Crippen LogP contribution >= 0.6 is 0 Å². The third-order valence-corrected chi connectivity index (χ3v) is 3.28. The van der Waals surface area contributed by atoms with E-state index in [1.807, 2.05) is 11.9 Å². The van der Waals surface area contributed by atoms with Crippen molar-refractivity contribution in [3.63, 3.8) is 0 Å². The van der Waals surface area contributed by atoms with Crippen LogP contribution in [0.5, 0.6) is 0 Å². The van der Waals surface area contributed by atoms with Crippen molar-refractivity contribution in [3.8, 4) is 0 Å². The summed E-state index contributed by atoms with van der Waals surface area (Å²) in [5.74, 6) is -0.383. The van der Waals surface area contributed by atoms with Gasteiger partial charge in [-0.25, -0.2) is 9.07 Å². The summed E-state index contributed by atoms with van der Waals surface area (Å²) < 4.78 is 14.5. The molecular formula is C15H19FN4O. The maximum Gasteiger partial charge on any atom is 0.269 e. The van der Waals surface area contributed by atoms with Gasteiger partial charge in [-0.05, 0) is 30.2 Å². The molecule has 0 unspecified atom stereocenters. The van der Waals surface area contributed by atoms with Gasteiger partial charge in [-0.3, -0.25) is 4.79 Å². The number of hydrogen-bond acceptors (Lipinski definition) is 4. The second kappa shape index (κ2) is 6.39. The van der Waals surface area contributed by atoms with Crippen molar-refractivity contribution in [1.82, 2.24) is 9.78 Å². The molecule has 2 aromatic rings. The molecule has 112 valence electrons.